The fraction of sp³-hybridized carbons (Fsp3) is 0.444. The molecule has 0 spiro atoms. The van der Waals surface area contributed by atoms with Gasteiger partial charge in [0.15, 0.2) is 0 Å². The normalized spacial score (nSPS) is 13.7. The Morgan fingerprint density at radius 3 is 1.06 bits per heavy atom. The first kappa shape index (κ1) is 27.3. The molecule has 0 aromatic heterocycles. The van der Waals surface area contributed by atoms with E-state index in [0.29, 0.717) is 23.7 Å². The van der Waals surface area contributed by atoms with Crippen LogP contribution in [0.15, 0.2) is 48.8 Å². The van der Waals surface area contributed by atoms with Gasteiger partial charge in [-0.3, -0.25) is 0 Å². The molecule has 0 radical (unpaired) electrons. The molecular weight excluding hydrogens is 530 g/mol. The van der Waals surface area contributed by atoms with Crippen molar-refractivity contribution < 1.29 is 15.9 Å². The third-order valence-corrected chi connectivity index (χ3v) is 5.84. The van der Waals surface area contributed by atoms with Crippen LogP contribution in [0.3, 0.4) is 0 Å². The second kappa shape index (κ2) is 12.5. The Kier molecular flexibility index (Phi) is 10.6. The van der Waals surface area contributed by atoms with Crippen molar-refractivity contribution in [2.75, 3.05) is 9.80 Å². The third kappa shape index (κ3) is 6.33. The van der Waals surface area contributed by atoms with Crippen LogP contribution in [0.25, 0.3) is 0 Å². The number of hydrogen-bond donors (Lipinski definition) is 0. The van der Waals surface area contributed by atoms with Crippen molar-refractivity contribution in [2.24, 2.45) is 0 Å². The first-order valence-electron chi connectivity index (χ1n) is 11.3. The monoisotopic (exact) mass is 565 g/mol. The summed E-state index contributed by atoms with van der Waals surface area (Å²) in [4.78, 5) is 4.65. The van der Waals surface area contributed by atoms with E-state index in [1.807, 2.05) is 0 Å². The maximum absolute atomic E-state index is 4.81. The van der Waals surface area contributed by atoms with E-state index in [1.165, 1.54) is 33.6 Å². The average molecular weight is 567 g/mol. The van der Waals surface area contributed by atoms with Crippen LogP contribution in [-0.4, -0.2) is 0 Å². The Morgan fingerprint density at radius 2 is 0.844 bits per heavy atom. The molecule has 0 bridgehead atoms. The van der Waals surface area contributed by atoms with E-state index in [0.717, 1.165) is 0 Å². The summed E-state index contributed by atoms with van der Waals surface area (Å²) in [7, 11) is 9.63. The molecule has 0 aliphatic carbocycles. The summed E-state index contributed by atoms with van der Waals surface area (Å²) in [5.74, 6) is 1.92. The molecule has 2 aromatic rings. The predicted octanol–water partition coefficient (Wildman–Crippen LogP) is 9.47. The average Bonchev–Trinajstić information content (AvgIpc) is 3.22. The van der Waals surface area contributed by atoms with Crippen molar-refractivity contribution in [2.45, 2.75) is 79.1 Å². The van der Waals surface area contributed by atoms with Gasteiger partial charge in [-0.25, -0.2) is 0 Å². The molecule has 2 aromatic carbocycles. The van der Waals surface area contributed by atoms with Gasteiger partial charge in [-0.1, -0.05) is 91.8 Å². The Morgan fingerprint density at radius 1 is 0.594 bits per heavy atom. The molecule has 0 fully saturated rings. The Hall–Kier alpha value is -0.978. The fourth-order valence-electron chi connectivity index (χ4n) is 4.24. The van der Waals surface area contributed by atoms with Crippen LogP contribution in [0.1, 0.15) is 101 Å². The van der Waals surface area contributed by atoms with Gasteiger partial charge in [0.2, 0.25) is 0 Å². The predicted molar refractivity (Wildman–Crippen MR) is 139 cm³/mol. The van der Waals surface area contributed by atoms with Crippen LogP contribution in [0, 0.1) is 6.67 Å². The number of para-hydroxylation sites is 2. The van der Waals surface area contributed by atoms with E-state index in [1.54, 1.807) is 0 Å². The van der Waals surface area contributed by atoms with Crippen LogP contribution in [0.2, 0.25) is 0 Å². The minimum absolute atomic E-state index is 0.106. The van der Waals surface area contributed by atoms with Crippen molar-refractivity contribution in [3.05, 3.63) is 77.7 Å². The van der Waals surface area contributed by atoms with E-state index in [-0.39, 0.29) is 15.9 Å². The molecule has 0 saturated heterocycles. The molecule has 0 N–H and O–H groups in total. The van der Waals surface area contributed by atoms with Gasteiger partial charge in [0.25, 0.3) is 0 Å². The van der Waals surface area contributed by atoms with Gasteiger partial charge in [-0.2, -0.15) is 0 Å². The molecule has 1 aliphatic rings. The second-order valence-electron chi connectivity index (χ2n) is 9.46. The van der Waals surface area contributed by atoms with Crippen molar-refractivity contribution in [3.63, 3.8) is 0 Å². The van der Waals surface area contributed by atoms with Crippen molar-refractivity contribution in [1.82, 2.24) is 0 Å². The zero-order valence-electron chi connectivity index (χ0n) is 20.5. The first-order valence-corrected chi connectivity index (χ1v) is 15.3. The number of anilines is 2. The van der Waals surface area contributed by atoms with Crippen LogP contribution >= 0.6 is 19.1 Å². The van der Waals surface area contributed by atoms with E-state index in [2.05, 4.69) is 121 Å². The van der Waals surface area contributed by atoms with Gasteiger partial charge in [0, 0.05) is 11.4 Å². The maximum atomic E-state index is 4.81. The number of hydrogen-bond acceptors (Lipinski definition) is 2. The number of halogens is 2. The van der Waals surface area contributed by atoms with Crippen LogP contribution < -0.4 is 9.80 Å². The molecular formula is C27H37Cl2N2Pd-. The fourth-order valence-corrected chi connectivity index (χ4v) is 4.24. The van der Waals surface area contributed by atoms with Gasteiger partial charge in [0.1, 0.15) is 0 Å². The summed E-state index contributed by atoms with van der Waals surface area (Å²) < 4.78 is 0. The number of rotatable bonds is 6. The number of benzene rings is 2. The van der Waals surface area contributed by atoms with E-state index in [9.17, 15) is 0 Å². The zero-order chi connectivity index (χ0) is 24.0. The van der Waals surface area contributed by atoms with Gasteiger partial charge < -0.3 is 9.80 Å². The summed E-state index contributed by atoms with van der Waals surface area (Å²) >= 11 is -0.106. The molecule has 0 amide bonds. The summed E-state index contributed by atoms with van der Waals surface area (Å²) in [6.45, 7) is 20.5. The zero-order valence-corrected chi connectivity index (χ0v) is 23.5. The number of nitrogens with zero attached hydrogens (tertiary/aromatic N) is 2. The van der Waals surface area contributed by atoms with E-state index in [4.69, 9.17) is 19.1 Å². The quantitative estimate of drug-likeness (QED) is 0.254. The van der Waals surface area contributed by atoms with Crippen LogP contribution in [-0.2, 0) is 15.9 Å². The molecule has 1 aliphatic heterocycles. The molecule has 0 unspecified atom stereocenters. The topological polar surface area (TPSA) is 6.48 Å². The summed E-state index contributed by atoms with van der Waals surface area (Å²) in [5.41, 5.74) is 8.29. The molecule has 32 heavy (non-hydrogen) atoms. The molecule has 0 saturated carbocycles. The van der Waals surface area contributed by atoms with Crippen molar-refractivity contribution in [3.8, 4) is 0 Å². The molecule has 5 heteroatoms. The van der Waals surface area contributed by atoms with Crippen molar-refractivity contribution >= 4 is 30.4 Å². The van der Waals surface area contributed by atoms with E-state index < -0.39 is 0 Å². The third-order valence-electron chi connectivity index (χ3n) is 5.84. The molecule has 2 nitrogen and oxygen atoms in total. The Bertz CT molecular complexity index is 783. The van der Waals surface area contributed by atoms with Gasteiger partial charge in [-0.15, -0.1) is 6.67 Å². The van der Waals surface area contributed by atoms with Gasteiger partial charge in [-0.05, 0) is 58.3 Å². The van der Waals surface area contributed by atoms with Crippen LogP contribution in [0.5, 0.6) is 0 Å². The van der Waals surface area contributed by atoms with Crippen LogP contribution in [0.4, 0.5) is 11.4 Å². The SMILES string of the molecule is CC(C)c1cccc(C(C)C)c1N1C=CN(c2c(C(C)C)cccc2C(C)C)[CH-]1.[Cl][Pd][Cl]. The standard InChI is InChI=1S/C27H37N2.2ClH.Pd/c1-18(2)22-11-9-12-23(19(3)4)26(22)28-15-16-29(17-28)27-24(20(5)6)13-10-14-25(27)21(7)8;;;/h9-21H,1-8H3;2*1H;/q-1;;;+2/p-2. The Labute approximate surface area is 212 Å². The summed E-state index contributed by atoms with van der Waals surface area (Å²) in [6.07, 6.45) is 4.43. The summed E-state index contributed by atoms with van der Waals surface area (Å²) in [6, 6.07) is 13.5. The second-order valence-corrected chi connectivity index (χ2v) is 11.8. The molecule has 0 atom stereocenters. The Balaban J connectivity index is 0.00000114. The van der Waals surface area contributed by atoms with Gasteiger partial charge in [0.05, 0.1) is 0 Å². The molecule has 180 valence electrons. The summed E-state index contributed by atoms with van der Waals surface area (Å²) in [5, 5.41) is 0. The first-order chi connectivity index (χ1) is 15.1. The molecule has 3 rings (SSSR count). The van der Waals surface area contributed by atoms with E-state index >= 15 is 0 Å². The van der Waals surface area contributed by atoms with Crippen molar-refractivity contribution in [1.29, 1.82) is 0 Å². The van der Waals surface area contributed by atoms with Gasteiger partial charge >= 0.3 is 35.0 Å². The molecule has 1 heterocycles. The minimum atomic E-state index is -0.106.